The van der Waals surface area contributed by atoms with E-state index in [4.69, 9.17) is 4.74 Å². The van der Waals surface area contributed by atoms with Crippen LogP contribution in [0.4, 0.5) is 0 Å². The van der Waals surface area contributed by atoms with Gasteiger partial charge in [-0.1, -0.05) is 60.7 Å². The Balaban J connectivity index is 1.91. The van der Waals surface area contributed by atoms with Crippen molar-refractivity contribution in [3.8, 4) is 0 Å². The number of thiophene rings is 1. The maximum absolute atomic E-state index is 12.4. The zero-order valence-electron chi connectivity index (χ0n) is 11.6. The third-order valence-corrected chi connectivity index (χ3v) is 5.08. The molecular formula is C18H13IO2S. The molecule has 0 aliphatic heterocycles. The van der Waals surface area contributed by atoms with E-state index in [1.165, 1.54) is 11.3 Å². The number of carbonyl (C=O) groups excluding carboxylic acids is 1. The van der Waals surface area contributed by atoms with Gasteiger partial charge in [0.25, 0.3) is 0 Å². The summed E-state index contributed by atoms with van der Waals surface area (Å²) in [5, 5.41) is 0. The third-order valence-electron chi connectivity index (χ3n) is 3.20. The minimum atomic E-state index is -0.394. The molecule has 2 nitrogen and oxygen atoms in total. The lowest BCUT2D eigenvalue weighted by atomic mass is 10.0. The van der Waals surface area contributed by atoms with Crippen LogP contribution in [0.25, 0.3) is 0 Å². The summed E-state index contributed by atoms with van der Waals surface area (Å²) in [5.74, 6) is -0.286. The average Bonchev–Trinajstić information content (AvgIpc) is 3.01. The highest BCUT2D eigenvalue weighted by atomic mass is 127. The first-order valence-corrected chi connectivity index (χ1v) is 8.70. The molecule has 0 fully saturated rings. The number of esters is 1. The average molecular weight is 420 g/mol. The molecule has 0 saturated heterocycles. The van der Waals surface area contributed by atoms with Crippen LogP contribution in [0.1, 0.15) is 26.9 Å². The van der Waals surface area contributed by atoms with E-state index in [0.29, 0.717) is 4.88 Å². The molecule has 0 N–H and O–H groups in total. The summed E-state index contributed by atoms with van der Waals surface area (Å²) in [6, 6.07) is 23.3. The lowest BCUT2D eigenvalue weighted by Gasteiger charge is -2.18. The van der Waals surface area contributed by atoms with E-state index in [1.807, 2.05) is 72.8 Å². The molecule has 0 aliphatic carbocycles. The maximum atomic E-state index is 12.4. The molecule has 4 heteroatoms. The molecule has 0 unspecified atom stereocenters. The largest absolute Gasteiger partial charge is 0.448 e. The molecule has 1 heterocycles. The molecule has 110 valence electrons. The standard InChI is InChI=1S/C18H13IO2S/c19-16-12-11-15(22-16)18(20)21-17(13-7-3-1-4-8-13)14-9-5-2-6-10-14/h1-12,17H. The van der Waals surface area contributed by atoms with Gasteiger partial charge in [0, 0.05) is 0 Å². The van der Waals surface area contributed by atoms with E-state index < -0.39 is 6.10 Å². The van der Waals surface area contributed by atoms with Crippen LogP contribution in [0.3, 0.4) is 0 Å². The fraction of sp³-hybridized carbons (Fsp3) is 0.0556. The minimum Gasteiger partial charge on any atom is -0.448 e. The molecule has 3 aromatic rings. The van der Waals surface area contributed by atoms with Gasteiger partial charge < -0.3 is 4.74 Å². The predicted octanol–water partition coefficient (Wildman–Crippen LogP) is 5.30. The van der Waals surface area contributed by atoms with E-state index in [-0.39, 0.29) is 5.97 Å². The number of hydrogen-bond donors (Lipinski definition) is 0. The molecule has 0 saturated carbocycles. The summed E-state index contributed by atoms with van der Waals surface area (Å²) in [4.78, 5) is 13.0. The van der Waals surface area contributed by atoms with Crippen molar-refractivity contribution in [1.82, 2.24) is 0 Å². The first kappa shape index (κ1) is 15.2. The highest BCUT2D eigenvalue weighted by molar-refractivity contribution is 14.1. The second-order valence-electron chi connectivity index (χ2n) is 4.71. The van der Waals surface area contributed by atoms with Gasteiger partial charge >= 0.3 is 5.97 Å². The number of benzene rings is 2. The highest BCUT2D eigenvalue weighted by Gasteiger charge is 2.20. The van der Waals surface area contributed by atoms with Gasteiger partial charge in [0.05, 0.1) is 2.88 Å². The molecule has 0 amide bonds. The van der Waals surface area contributed by atoms with Crippen molar-refractivity contribution in [2.45, 2.75) is 6.10 Å². The number of rotatable bonds is 4. The summed E-state index contributed by atoms with van der Waals surface area (Å²) in [7, 11) is 0. The molecule has 0 aliphatic rings. The lowest BCUT2D eigenvalue weighted by molar-refractivity contribution is 0.0384. The van der Waals surface area contributed by atoms with E-state index in [0.717, 1.165) is 14.0 Å². The summed E-state index contributed by atoms with van der Waals surface area (Å²) < 4.78 is 6.86. The SMILES string of the molecule is O=C(OC(c1ccccc1)c1ccccc1)c1ccc(I)s1. The Hall–Kier alpha value is -1.66. The van der Waals surface area contributed by atoms with Crippen LogP contribution >= 0.6 is 33.9 Å². The topological polar surface area (TPSA) is 26.3 Å². The molecule has 0 atom stereocenters. The fourth-order valence-electron chi connectivity index (χ4n) is 2.17. The predicted molar refractivity (Wildman–Crippen MR) is 97.2 cm³/mol. The summed E-state index contributed by atoms with van der Waals surface area (Å²) in [5.41, 5.74) is 1.93. The molecule has 2 aromatic carbocycles. The maximum Gasteiger partial charge on any atom is 0.349 e. The summed E-state index contributed by atoms with van der Waals surface area (Å²) >= 11 is 3.64. The van der Waals surface area contributed by atoms with Crippen LogP contribution in [-0.2, 0) is 4.74 Å². The van der Waals surface area contributed by atoms with Gasteiger partial charge in [-0.05, 0) is 45.9 Å². The summed E-state index contributed by atoms with van der Waals surface area (Å²) in [6.07, 6.45) is -0.394. The van der Waals surface area contributed by atoms with Gasteiger partial charge in [-0.3, -0.25) is 0 Å². The van der Waals surface area contributed by atoms with Crippen molar-refractivity contribution in [3.63, 3.8) is 0 Å². The second kappa shape index (κ2) is 7.07. The van der Waals surface area contributed by atoms with Gasteiger partial charge in [-0.2, -0.15) is 0 Å². The Labute approximate surface area is 146 Å². The first-order chi connectivity index (χ1) is 10.7. The molecular weight excluding hydrogens is 407 g/mol. The second-order valence-corrected chi connectivity index (χ2v) is 7.69. The fourth-order valence-corrected chi connectivity index (χ4v) is 3.68. The summed E-state index contributed by atoms with van der Waals surface area (Å²) in [6.45, 7) is 0. The van der Waals surface area contributed by atoms with Crippen LogP contribution < -0.4 is 0 Å². The Kier molecular flexibility index (Phi) is 4.90. The zero-order chi connectivity index (χ0) is 15.4. The molecule has 0 bridgehead atoms. The number of hydrogen-bond acceptors (Lipinski definition) is 3. The van der Waals surface area contributed by atoms with E-state index in [2.05, 4.69) is 22.6 Å². The van der Waals surface area contributed by atoms with Gasteiger partial charge in [-0.25, -0.2) is 4.79 Å². The normalized spacial score (nSPS) is 10.6. The molecule has 1 aromatic heterocycles. The number of carbonyl (C=O) groups is 1. The lowest BCUT2D eigenvalue weighted by Crippen LogP contribution is -2.12. The van der Waals surface area contributed by atoms with Gasteiger partial charge in [0.1, 0.15) is 4.88 Å². The van der Waals surface area contributed by atoms with E-state index in [9.17, 15) is 4.79 Å². The Morgan fingerprint density at radius 3 is 1.86 bits per heavy atom. The Morgan fingerprint density at radius 2 is 1.41 bits per heavy atom. The Bertz CT molecular complexity index is 714. The first-order valence-electron chi connectivity index (χ1n) is 6.80. The number of halogens is 1. The zero-order valence-corrected chi connectivity index (χ0v) is 14.6. The van der Waals surface area contributed by atoms with Gasteiger partial charge in [0.15, 0.2) is 6.10 Å². The van der Waals surface area contributed by atoms with Gasteiger partial charge in [0.2, 0.25) is 0 Å². The quantitative estimate of drug-likeness (QED) is 0.423. The van der Waals surface area contributed by atoms with E-state index in [1.54, 1.807) is 0 Å². The molecule has 0 spiro atoms. The van der Waals surface area contributed by atoms with Crippen molar-refractivity contribution in [3.05, 3.63) is 91.7 Å². The van der Waals surface area contributed by atoms with Crippen molar-refractivity contribution >= 4 is 39.9 Å². The van der Waals surface area contributed by atoms with Crippen LogP contribution in [0.15, 0.2) is 72.8 Å². The van der Waals surface area contributed by atoms with Crippen LogP contribution in [0, 0.1) is 2.88 Å². The smallest absolute Gasteiger partial charge is 0.349 e. The minimum absolute atomic E-state index is 0.286. The molecule has 0 radical (unpaired) electrons. The highest BCUT2D eigenvalue weighted by Crippen LogP contribution is 2.28. The van der Waals surface area contributed by atoms with Crippen LogP contribution in [0.2, 0.25) is 0 Å². The van der Waals surface area contributed by atoms with Crippen LogP contribution in [-0.4, -0.2) is 5.97 Å². The van der Waals surface area contributed by atoms with Gasteiger partial charge in [-0.15, -0.1) is 11.3 Å². The van der Waals surface area contributed by atoms with E-state index >= 15 is 0 Å². The third kappa shape index (κ3) is 3.56. The monoisotopic (exact) mass is 420 g/mol. The number of ether oxygens (including phenoxy) is 1. The van der Waals surface area contributed by atoms with Crippen LogP contribution in [0.5, 0.6) is 0 Å². The van der Waals surface area contributed by atoms with Crippen molar-refractivity contribution in [1.29, 1.82) is 0 Å². The van der Waals surface area contributed by atoms with Crippen molar-refractivity contribution in [2.75, 3.05) is 0 Å². The van der Waals surface area contributed by atoms with Crippen molar-refractivity contribution in [2.24, 2.45) is 0 Å². The van der Waals surface area contributed by atoms with Crippen molar-refractivity contribution < 1.29 is 9.53 Å². The molecule has 3 rings (SSSR count). The Morgan fingerprint density at radius 1 is 0.864 bits per heavy atom. The molecule has 22 heavy (non-hydrogen) atoms.